The number of rotatable bonds is 7. The van der Waals surface area contributed by atoms with Crippen LogP contribution in [0.15, 0.2) is 91.1 Å². The number of aromatic nitrogens is 2. The number of aromatic amines is 1. The molecule has 5 nitrogen and oxygen atoms in total. The van der Waals surface area contributed by atoms with Crippen LogP contribution in [0.25, 0.3) is 21.8 Å². The Labute approximate surface area is 186 Å². The summed E-state index contributed by atoms with van der Waals surface area (Å²) >= 11 is 0. The number of amides is 1. The van der Waals surface area contributed by atoms with Gasteiger partial charge in [0.25, 0.3) is 5.91 Å². The summed E-state index contributed by atoms with van der Waals surface area (Å²) < 4.78 is 5.85. The molecule has 0 bridgehead atoms. The molecule has 2 N–H and O–H groups in total. The minimum Gasteiger partial charge on any atom is -0.487 e. The minimum atomic E-state index is -0.0902. The molecule has 0 unspecified atom stereocenters. The molecule has 0 fully saturated rings. The van der Waals surface area contributed by atoms with Gasteiger partial charge in [-0.3, -0.25) is 4.79 Å². The molecule has 3 aromatic carbocycles. The van der Waals surface area contributed by atoms with Gasteiger partial charge in [-0.1, -0.05) is 42.5 Å². The van der Waals surface area contributed by atoms with E-state index in [-0.39, 0.29) is 5.91 Å². The van der Waals surface area contributed by atoms with Crippen LogP contribution in [0.3, 0.4) is 0 Å². The van der Waals surface area contributed by atoms with Crippen LogP contribution in [-0.2, 0) is 13.0 Å². The Kier molecular flexibility index (Phi) is 5.54. The van der Waals surface area contributed by atoms with Gasteiger partial charge in [-0.25, -0.2) is 4.98 Å². The van der Waals surface area contributed by atoms with E-state index in [9.17, 15) is 4.79 Å². The Morgan fingerprint density at radius 1 is 0.906 bits per heavy atom. The minimum absolute atomic E-state index is 0.0902. The third-order valence-electron chi connectivity index (χ3n) is 5.51. The van der Waals surface area contributed by atoms with Crippen molar-refractivity contribution in [2.24, 2.45) is 0 Å². The van der Waals surface area contributed by atoms with Crippen molar-refractivity contribution in [3.63, 3.8) is 0 Å². The molecule has 5 heteroatoms. The molecule has 32 heavy (non-hydrogen) atoms. The zero-order valence-electron chi connectivity index (χ0n) is 17.5. The highest BCUT2D eigenvalue weighted by atomic mass is 16.5. The monoisotopic (exact) mass is 421 g/mol. The number of H-pyrrole nitrogens is 1. The number of nitrogens with one attached hydrogen (secondary N) is 2. The van der Waals surface area contributed by atoms with Gasteiger partial charge in [0, 0.05) is 34.6 Å². The van der Waals surface area contributed by atoms with Crippen molar-refractivity contribution >= 4 is 27.7 Å². The summed E-state index contributed by atoms with van der Waals surface area (Å²) in [6.07, 6.45) is 2.78. The normalized spacial score (nSPS) is 11.0. The van der Waals surface area contributed by atoms with Crippen molar-refractivity contribution in [1.82, 2.24) is 15.3 Å². The number of ether oxygens (including phenoxy) is 1. The smallest absolute Gasteiger partial charge is 0.251 e. The second-order valence-corrected chi connectivity index (χ2v) is 7.67. The highest BCUT2D eigenvalue weighted by molar-refractivity contribution is 5.94. The highest BCUT2D eigenvalue weighted by Gasteiger charge is 2.08. The van der Waals surface area contributed by atoms with Crippen LogP contribution in [0.2, 0.25) is 0 Å². The van der Waals surface area contributed by atoms with E-state index in [4.69, 9.17) is 4.74 Å². The lowest BCUT2D eigenvalue weighted by atomic mass is 10.1. The fraction of sp³-hybridized carbons (Fsp3) is 0.111. The molecule has 0 atom stereocenters. The van der Waals surface area contributed by atoms with Gasteiger partial charge in [0.05, 0.1) is 11.2 Å². The van der Waals surface area contributed by atoms with E-state index in [0.717, 1.165) is 28.5 Å². The largest absolute Gasteiger partial charge is 0.487 e. The number of carbonyl (C=O) groups excluding carboxylic acids is 1. The van der Waals surface area contributed by atoms with Crippen LogP contribution in [-0.4, -0.2) is 22.4 Å². The molecule has 0 aliphatic carbocycles. The van der Waals surface area contributed by atoms with Crippen LogP contribution in [0.5, 0.6) is 5.75 Å². The molecule has 2 aromatic heterocycles. The first-order valence-corrected chi connectivity index (χ1v) is 10.7. The predicted octanol–water partition coefficient (Wildman–Crippen LogP) is 5.27. The molecule has 5 rings (SSSR count). The fourth-order valence-corrected chi connectivity index (χ4v) is 3.80. The molecule has 0 aliphatic heterocycles. The summed E-state index contributed by atoms with van der Waals surface area (Å²) in [6, 6.07) is 27.4. The first-order valence-electron chi connectivity index (χ1n) is 10.7. The van der Waals surface area contributed by atoms with E-state index in [0.29, 0.717) is 24.5 Å². The van der Waals surface area contributed by atoms with Gasteiger partial charge in [-0.2, -0.15) is 0 Å². The quantitative estimate of drug-likeness (QED) is 0.376. The molecule has 5 aromatic rings. The maximum Gasteiger partial charge on any atom is 0.251 e. The van der Waals surface area contributed by atoms with Crippen molar-refractivity contribution in [3.8, 4) is 5.75 Å². The molecule has 1 amide bonds. The van der Waals surface area contributed by atoms with Crippen molar-refractivity contribution < 1.29 is 9.53 Å². The molecule has 0 saturated heterocycles. The first-order chi connectivity index (χ1) is 15.8. The fourth-order valence-electron chi connectivity index (χ4n) is 3.80. The third-order valence-corrected chi connectivity index (χ3v) is 5.51. The number of pyridine rings is 1. The number of para-hydroxylation sites is 2. The lowest BCUT2D eigenvalue weighted by Crippen LogP contribution is -2.25. The van der Waals surface area contributed by atoms with E-state index < -0.39 is 0 Å². The van der Waals surface area contributed by atoms with Gasteiger partial charge >= 0.3 is 0 Å². The third kappa shape index (κ3) is 4.32. The number of hydrogen-bond acceptors (Lipinski definition) is 3. The zero-order chi connectivity index (χ0) is 21.8. The second kappa shape index (κ2) is 8.94. The molecule has 0 spiro atoms. The Balaban J connectivity index is 1.14. The van der Waals surface area contributed by atoms with Crippen LogP contribution in [0.4, 0.5) is 0 Å². The Hall–Kier alpha value is -4.12. The number of fused-ring (bicyclic) bond motifs is 2. The molecular formula is C27H23N3O2. The number of carbonyl (C=O) groups is 1. The van der Waals surface area contributed by atoms with Crippen molar-refractivity contribution in [2.45, 2.75) is 13.0 Å². The van der Waals surface area contributed by atoms with Gasteiger partial charge in [0.2, 0.25) is 0 Å². The van der Waals surface area contributed by atoms with Crippen LogP contribution in [0.1, 0.15) is 21.6 Å². The topological polar surface area (TPSA) is 67.0 Å². The lowest BCUT2D eigenvalue weighted by Gasteiger charge is -2.08. The van der Waals surface area contributed by atoms with E-state index in [1.54, 1.807) is 12.1 Å². The van der Waals surface area contributed by atoms with Gasteiger partial charge < -0.3 is 15.0 Å². The second-order valence-electron chi connectivity index (χ2n) is 7.67. The van der Waals surface area contributed by atoms with Gasteiger partial charge in [0.15, 0.2) is 0 Å². The summed E-state index contributed by atoms with van der Waals surface area (Å²) in [5.41, 5.74) is 4.74. The Morgan fingerprint density at radius 3 is 2.62 bits per heavy atom. The molecule has 0 saturated carbocycles. The lowest BCUT2D eigenvalue weighted by molar-refractivity contribution is 0.0954. The predicted molar refractivity (Wildman–Crippen MR) is 127 cm³/mol. The van der Waals surface area contributed by atoms with E-state index in [1.807, 2.05) is 66.9 Å². The van der Waals surface area contributed by atoms with Crippen LogP contribution in [0, 0.1) is 0 Å². The number of hydrogen-bond donors (Lipinski definition) is 2. The standard InChI is InChI=1S/C27H23N3O2/c31-27(28-16-15-21-17-29-26-8-4-2-6-24(21)26)20-10-13-23(14-11-20)32-18-22-12-9-19-5-1-3-7-25(19)30-22/h1-14,17,29H,15-16,18H2,(H,28,31). The van der Waals surface area contributed by atoms with E-state index in [1.165, 1.54) is 10.9 Å². The summed E-state index contributed by atoms with van der Waals surface area (Å²) in [7, 11) is 0. The SMILES string of the molecule is O=C(NCCc1c[nH]c2ccccc12)c1ccc(OCc2ccc3ccccc3n2)cc1. The van der Waals surface area contributed by atoms with Crippen molar-refractivity contribution in [2.75, 3.05) is 6.54 Å². The molecule has 0 aliphatic rings. The van der Waals surface area contributed by atoms with E-state index in [2.05, 4.69) is 27.4 Å². The first kappa shape index (κ1) is 19.8. The summed E-state index contributed by atoms with van der Waals surface area (Å²) in [5, 5.41) is 5.30. The number of nitrogens with zero attached hydrogens (tertiary/aromatic N) is 1. The van der Waals surface area contributed by atoms with E-state index >= 15 is 0 Å². The van der Waals surface area contributed by atoms with Crippen LogP contribution >= 0.6 is 0 Å². The van der Waals surface area contributed by atoms with Crippen molar-refractivity contribution in [1.29, 1.82) is 0 Å². The van der Waals surface area contributed by atoms with Gasteiger partial charge in [-0.05, 0) is 54.4 Å². The van der Waals surface area contributed by atoms with Crippen molar-refractivity contribution in [3.05, 3.63) is 108 Å². The summed E-state index contributed by atoms with van der Waals surface area (Å²) in [5.74, 6) is 0.614. The molecular weight excluding hydrogens is 398 g/mol. The molecule has 158 valence electrons. The number of benzene rings is 3. The summed E-state index contributed by atoms with van der Waals surface area (Å²) in [4.78, 5) is 20.4. The molecule has 2 heterocycles. The average Bonchev–Trinajstić information content (AvgIpc) is 3.26. The zero-order valence-corrected chi connectivity index (χ0v) is 17.5. The average molecular weight is 422 g/mol. The van der Waals surface area contributed by atoms with Gasteiger partial charge in [0.1, 0.15) is 12.4 Å². The maximum atomic E-state index is 12.5. The Morgan fingerprint density at radius 2 is 1.72 bits per heavy atom. The summed E-state index contributed by atoms with van der Waals surface area (Å²) in [6.45, 7) is 0.952. The maximum absolute atomic E-state index is 12.5. The highest BCUT2D eigenvalue weighted by Crippen LogP contribution is 2.18. The van der Waals surface area contributed by atoms with Gasteiger partial charge in [-0.15, -0.1) is 0 Å². The molecule has 0 radical (unpaired) electrons. The Bertz CT molecular complexity index is 1370. The van der Waals surface area contributed by atoms with Crippen LogP contribution < -0.4 is 10.1 Å².